The van der Waals surface area contributed by atoms with Gasteiger partial charge in [0, 0.05) is 17.1 Å². The number of nitrogens with one attached hydrogen (secondary N) is 1. The number of amides is 1. The number of carbonyl (C=O) groups is 1. The first kappa shape index (κ1) is 13.9. The molecule has 0 atom stereocenters. The predicted molar refractivity (Wildman–Crippen MR) is 81.4 cm³/mol. The van der Waals surface area contributed by atoms with E-state index in [1.165, 1.54) is 12.3 Å². The lowest BCUT2D eigenvalue weighted by molar-refractivity contribution is 0.0997. The minimum absolute atomic E-state index is 0.0879. The number of hydrogen-bond donors (Lipinski definition) is 2. The monoisotopic (exact) mass is 298 g/mol. The summed E-state index contributed by atoms with van der Waals surface area (Å²) in [4.78, 5) is 16.2. The van der Waals surface area contributed by atoms with Crippen LogP contribution in [0.5, 0.6) is 11.5 Å². The third kappa shape index (κ3) is 2.35. The molecule has 3 rings (SSSR count). The minimum Gasteiger partial charge on any atom is -0.504 e. The Hall–Kier alpha value is -3.02. The fraction of sp³-hybridized carbons (Fsp3) is 0.125. The van der Waals surface area contributed by atoms with Crippen molar-refractivity contribution in [1.29, 1.82) is 0 Å². The van der Waals surface area contributed by atoms with E-state index in [1.807, 2.05) is 6.07 Å². The van der Waals surface area contributed by atoms with Gasteiger partial charge in [-0.15, -0.1) is 0 Å². The summed E-state index contributed by atoms with van der Waals surface area (Å²) in [7, 11) is 1.58. The molecular weight excluding hydrogens is 284 g/mol. The number of hydrogen-bond acceptors (Lipinski definition) is 5. The molecule has 22 heavy (non-hydrogen) atoms. The van der Waals surface area contributed by atoms with Crippen LogP contribution in [0.15, 0.2) is 40.9 Å². The van der Waals surface area contributed by atoms with Crippen LogP contribution in [0.25, 0.3) is 11.0 Å². The Morgan fingerprint density at radius 3 is 2.91 bits per heavy atom. The largest absolute Gasteiger partial charge is 0.504 e. The molecule has 0 saturated heterocycles. The third-order valence-electron chi connectivity index (χ3n) is 3.37. The number of carbonyl (C=O) groups excluding carboxylic acids is 1. The van der Waals surface area contributed by atoms with E-state index in [-0.39, 0.29) is 17.3 Å². The zero-order valence-electron chi connectivity index (χ0n) is 12.1. The summed E-state index contributed by atoms with van der Waals surface area (Å²) in [5, 5.41) is 13.0. The van der Waals surface area contributed by atoms with Crippen LogP contribution in [0, 0.1) is 6.92 Å². The number of fused-ring (bicyclic) bond motifs is 1. The van der Waals surface area contributed by atoms with Crippen molar-refractivity contribution < 1.29 is 19.1 Å². The van der Waals surface area contributed by atoms with Gasteiger partial charge in [-0.25, -0.2) is 4.98 Å². The van der Waals surface area contributed by atoms with E-state index in [2.05, 4.69) is 10.3 Å². The molecule has 6 heteroatoms. The van der Waals surface area contributed by atoms with Crippen LogP contribution in [0.4, 0.5) is 5.82 Å². The maximum atomic E-state index is 12.3. The first-order valence-corrected chi connectivity index (χ1v) is 6.62. The highest BCUT2D eigenvalue weighted by Gasteiger charge is 2.19. The highest BCUT2D eigenvalue weighted by molar-refractivity contribution is 6.06. The Kier molecular flexibility index (Phi) is 3.42. The highest BCUT2D eigenvalue weighted by atomic mass is 16.5. The number of nitrogens with zero attached hydrogens (tertiary/aromatic N) is 1. The van der Waals surface area contributed by atoms with Gasteiger partial charge in [-0.2, -0.15) is 0 Å². The molecule has 1 amide bonds. The maximum Gasteiger partial charge on any atom is 0.292 e. The normalized spacial score (nSPS) is 10.6. The smallest absolute Gasteiger partial charge is 0.292 e. The number of anilines is 1. The molecule has 6 nitrogen and oxygen atoms in total. The van der Waals surface area contributed by atoms with Gasteiger partial charge < -0.3 is 19.6 Å². The number of furan rings is 1. The van der Waals surface area contributed by atoms with Crippen molar-refractivity contribution in [3.05, 3.63) is 47.9 Å². The van der Waals surface area contributed by atoms with Gasteiger partial charge in [-0.1, -0.05) is 0 Å². The molecule has 2 N–H and O–H groups in total. The van der Waals surface area contributed by atoms with Gasteiger partial charge in [0.2, 0.25) is 0 Å². The SMILES string of the molecule is COc1ccc2oc(C(=O)Nc3ncccc3O)c(C)c2c1. The Labute approximate surface area is 126 Å². The van der Waals surface area contributed by atoms with E-state index < -0.39 is 5.91 Å². The molecule has 2 aromatic heterocycles. The Balaban J connectivity index is 1.97. The molecule has 0 aliphatic carbocycles. The molecule has 0 fully saturated rings. The second-order valence-corrected chi connectivity index (χ2v) is 4.74. The van der Waals surface area contributed by atoms with Gasteiger partial charge >= 0.3 is 0 Å². The van der Waals surface area contributed by atoms with E-state index in [0.717, 1.165) is 5.39 Å². The number of aromatic nitrogens is 1. The van der Waals surface area contributed by atoms with E-state index in [0.29, 0.717) is 16.9 Å². The molecule has 0 unspecified atom stereocenters. The van der Waals surface area contributed by atoms with Gasteiger partial charge in [-0.05, 0) is 37.3 Å². The molecular formula is C16H14N2O4. The lowest BCUT2D eigenvalue weighted by Gasteiger charge is -2.04. The average Bonchev–Trinajstić information content (AvgIpc) is 2.86. The second kappa shape index (κ2) is 5.40. The predicted octanol–water partition coefficient (Wildman–Crippen LogP) is 3.10. The zero-order chi connectivity index (χ0) is 15.7. The maximum absolute atomic E-state index is 12.3. The number of pyridine rings is 1. The van der Waals surface area contributed by atoms with Crippen molar-refractivity contribution >= 4 is 22.7 Å². The van der Waals surface area contributed by atoms with Crippen molar-refractivity contribution in [3.8, 4) is 11.5 Å². The summed E-state index contributed by atoms with van der Waals surface area (Å²) in [6.07, 6.45) is 1.48. The molecule has 0 aliphatic rings. The van der Waals surface area contributed by atoms with Crippen molar-refractivity contribution in [2.24, 2.45) is 0 Å². The molecule has 1 aromatic carbocycles. The summed E-state index contributed by atoms with van der Waals surface area (Å²) < 4.78 is 10.8. The minimum atomic E-state index is -0.471. The van der Waals surface area contributed by atoms with Gasteiger partial charge in [0.05, 0.1) is 7.11 Å². The van der Waals surface area contributed by atoms with Crippen LogP contribution >= 0.6 is 0 Å². The van der Waals surface area contributed by atoms with Crippen LogP contribution in [-0.4, -0.2) is 23.1 Å². The Morgan fingerprint density at radius 1 is 1.36 bits per heavy atom. The van der Waals surface area contributed by atoms with Crippen LogP contribution in [0.2, 0.25) is 0 Å². The highest BCUT2D eigenvalue weighted by Crippen LogP contribution is 2.29. The standard InChI is InChI=1S/C16H14N2O4/c1-9-11-8-10(21-2)5-6-13(11)22-14(9)16(20)18-15-12(19)4-3-7-17-15/h3-8,19H,1-2H3,(H,17,18,20). The van der Waals surface area contributed by atoms with Crippen LogP contribution in [0.1, 0.15) is 16.1 Å². The lowest BCUT2D eigenvalue weighted by atomic mass is 10.1. The third-order valence-corrected chi connectivity index (χ3v) is 3.37. The van der Waals surface area contributed by atoms with E-state index in [9.17, 15) is 9.90 Å². The van der Waals surface area contributed by atoms with Gasteiger partial charge in [0.25, 0.3) is 5.91 Å². The van der Waals surface area contributed by atoms with Crippen LogP contribution in [-0.2, 0) is 0 Å². The van der Waals surface area contributed by atoms with Crippen LogP contribution in [0.3, 0.4) is 0 Å². The number of aromatic hydroxyl groups is 1. The summed E-state index contributed by atoms with van der Waals surface area (Å²) in [5.74, 6) is 0.372. The Bertz CT molecular complexity index is 854. The quantitative estimate of drug-likeness (QED) is 0.776. The van der Waals surface area contributed by atoms with Crippen molar-refractivity contribution in [3.63, 3.8) is 0 Å². The Morgan fingerprint density at radius 2 is 2.18 bits per heavy atom. The second-order valence-electron chi connectivity index (χ2n) is 4.74. The van der Waals surface area contributed by atoms with Gasteiger partial charge in [-0.3, -0.25) is 4.79 Å². The van der Waals surface area contributed by atoms with Crippen molar-refractivity contribution in [2.45, 2.75) is 6.92 Å². The number of aryl methyl sites for hydroxylation is 1. The topological polar surface area (TPSA) is 84.6 Å². The molecule has 2 heterocycles. The molecule has 0 spiro atoms. The van der Waals surface area contributed by atoms with E-state index in [1.54, 1.807) is 32.2 Å². The zero-order valence-corrected chi connectivity index (χ0v) is 12.1. The molecule has 0 bridgehead atoms. The summed E-state index contributed by atoms with van der Waals surface area (Å²) in [6, 6.07) is 8.33. The first-order valence-electron chi connectivity index (χ1n) is 6.62. The summed E-state index contributed by atoms with van der Waals surface area (Å²) in [6.45, 7) is 1.79. The van der Waals surface area contributed by atoms with E-state index in [4.69, 9.17) is 9.15 Å². The number of methoxy groups -OCH3 is 1. The van der Waals surface area contributed by atoms with Gasteiger partial charge in [0.1, 0.15) is 11.3 Å². The molecule has 0 aliphatic heterocycles. The fourth-order valence-corrected chi connectivity index (χ4v) is 2.20. The van der Waals surface area contributed by atoms with Crippen LogP contribution < -0.4 is 10.1 Å². The van der Waals surface area contributed by atoms with E-state index >= 15 is 0 Å². The number of rotatable bonds is 3. The van der Waals surface area contributed by atoms with Crippen molar-refractivity contribution in [1.82, 2.24) is 4.98 Å². The number of ether oxygens (including phenoxy) is 1. The molecule has 3 aromatic rings. The molecule has 112 valence electrons. The van der Waals surface area contributed by atoms with Crippen molar-refractivity contribution in [2.75, 3.05) is 12.4 Å². The summed E-state index contributed by atoms with van der Waals surface area (Å²) >= 11 is 0. The van der Waals surface area contributed by atoms with Gasteiger partial charge in [0.15, 0.2) is 17.3 Å². The average molecular weight is 298 g/mol. The molecule has 0 radical (unpaired) electrons. The number of benzene rings is 1. The summed E-state index contributed by atoms with van der Waals surface area (Å²) in [5.41, 5.74) is 1.29. The molecule has 0 saturated carbocycles. The first-order chi connectivity index (χ1) is 10.6. The lowest BCUT2D eigenvalue weighted by Crippen LogP contribution is -2.13. The fourth-order valence-electron chi connectivity index (χ4n) is 2.20.